The van der Waals surface area contributed by atoms with Crippen LogP contribution in [0.4, 0.5) is 4.79 Å². The van der Waals surface area contributed by atoms with E-state index in [4.69, 9.17) is 28.6 Å². The number of benzene rings is 2. The van der Waals surface area contributed by atoms with Crippen molar-refractivity contribution in [3.63, 3.8) is 0 Å². The van der Waals surface area contributed by atoms with Crippen LogP contribution in [0.3, 0.4) is 0 Å². The summed E-state index contributed by atoms with van der Waals surface area (Å²) < 4.78 is 7.23. The molecule has 1 aliphatic carbocycles. The lowest BCUT2D eigenvalue weighted by Crippen LogP contribution is -2.43. The van der Waals surface area contributed by atoms with E-state index in [0.717, 1.165) is 28.4 Å². The third kappa shape index (κ3) is 5.00. The first-order valence-corrected chi connectivity index (χ1v) is 13.5. The van der Waals surface area contributed by atoms with Crippen molar-refractivity contribution in [1.82, 2.24) is 10.2 Å². The molecule has 0 spiro atoms. The van der Waals surface area contributed by atoms with E-state index in [0.29, 0.717) is 27.9 Å². The van der Waals surface area contributed by atoms with Crippen molar-refractivity contribution in [2.45, 2.75) is 64.6 Å². The number of rotatable bonds is 4. The fourth-order valence-corrected chi connectivity index (χ4v) is 6.29. The van der Waals surface area contributed by atoms with Gasteiger partial charge in [0.05, 0.1) is 11.6 Å². The molecule has 4 nitrogen and oxygen atoms in total. The molecular formula is C27H32BrClN2O2S. The van der Waals surface area contributed by atoms with Crippen LogP contribution in [0, 0.1) is 17.8 Å². The van der Waals surface area contributed by atoms with Gasteiger partial charge in [-0.1, -0.05) is 79.0 Å². The van der Waals surface area contributed by atoms with Gasteiger partial charge in [0, 0.05) is 9.50 Å². The number of nitrogens with one attached hydrogen (secondary N) is 1. The monoisotopic (exact) mass is 562 g/mol. The van der Waals surface area contributed by atoms with E-state index in [-0.39, 0.29) is 18.2 Å². The summed E-state index contributed by atoms with van der Waals surface area (Å²) in [5, 5.41) is 4.47. The van der Waals surface area contributed by atoms with E-state index in [1.54, 1.807) is 4.90 Å². The highest BCUT2D eigenvalue weighted by molar-refractivity contribution is 9.10. The largest absolute Gasteiger partial charge is 0.445 e. The second kappa shape index (κ2) is 10.2. The molecule has 182 valence electrons. The van der Waals surface area contributed by atoms with Crippen molar-refractivity contribution in [2.75, 3.05) is 0 Å². The average molecular weight is 564 g/mol. The predicted octanol–water partition coefficient (Wildman–Crippen LogP) is 7.85. The summed E-state index contributed by atoms with van der Waals surface area (Å²) in [4.78, 5) is 15.4. The van der Waals surface area contributed by atoms with Crippen LogP contribution in [-0.2, 0) is 10.3 Å². The number of carbonyl (C=O) groups excluding carboxylic acids is 1. The summed E-state index contributed by atoms with van der Waals surface area (Å²) in [7, 11) is 0. The highest BCUT2D eigenvalue weighted by Crippen LogP contribution is 2.45. The Labute approximate surface area is 221 Å². The van der Waals surface area contributed by atoms with Crippen molar-refractivity contribution in [2.24, 2.45) is 17.8 Å². The molecule has 34 heavy (non-hydrogen) atoms. The molecule has 1 saturated heterocycles. The first-order valence-electron chi connectivity index (χ1n) is 11.9. The number of carbonyl (C=O) groups is 1. The maximum atomic E-state index is 13.8. The van der Waals surface area contributed by atoms with Crippen molar-refractivity contribution in [3.05, 3.63) is 69.2 Å². The van der Waals surface area contributed by atoms with Crippen molar-refractivity contribution in [1.29, 1.82) is 0 Å². The first-order chi connectivity index (χ1) is 16.1. The van der Waals surface area contributed by atoms with E-state index >= 15 is 0 Å². The van der Waals surface area contributed by atoms with E-state index in [2.05, 4.69) is 61.1 Å². The van der Waals surface area contributed by atoms with Crippen LogP contribution < -0.4 is 5.32 Å². The standard InChI is InChI=1S/C27H32BrClN2O2S/c1-16(2)22-14-5-17(3)15-23(22)33-26(32)31-24(18-6-12-21(29)13-7-18)27(4,30-25(31)34)19-8-10-20(28)11-9-19/h6-13,16-17,22-24H,5,14-15H2,1-4H3,(H,30,34)/t17-,22+,23-,24-,27+/m1/s1. The number of amides is 1. The van der Waals surface area contributed by atoms with Crippen LogP contribution in [0.5, 0.6) is 0 Å². The van der Waals surface area contributed by atoms with Gasteiger partial charge >= 0.3 is 6.09 Å². The highest BCUT2D eigenvalue weighted by Gasteiger charge is 2.52. The normalized spacial score (nSPS) is 29.3. The minimum absolute atomic E-state index is 0.107. The first kappa shape index (κ1) is 25.5. The Bertz CT molecular complexity index is 1050. The lowest BCUT2D eigenvalue weighted by molar-refractivity contribution is -0.00700. The van der Waals surface area contributed by atoms with E-state index in [1.165, 1.54) is 6.42 Å². The number of hydrogen-bond donors (Lipinski definition) is 1. The summed E-state index contributed by atoms with van der Waals surface area (Å²) >= 11 is 15.5. The Balaban J connectivity index is 1.71. The second-order valence-corrected chi connectivity index (χ2v) is 12.0. The van der Waals surface area contributed by atoms with Crippen LogP contribution in [0.2, 0.25) is 5.02 Å². The van der Waals surface area contributed by atoms with Gasteiger partial charge in [0.25, 0.3) is 0 Å². The quantitative estimate of drug-likeness (QED) is 0.385. The molecule has 7 heteroatoms. The zero-order valence-corrected chi connectivity index (χ0v) is 23.2. The van der Waals surface area contributed by atoms with Crippen molar-refractivity contribution < 1.29 is 9.53 Å². The predicted molar refractivity (Wildman–Crippen MR) is 145 cm³/mol. The van der Waals surface area contributed by atoms with Crippen LogP contribution in [0.15, 0.2) is 53.0 Å². The number of nitrogens with zero attached hydrogens (tertiary/aromatic N) is 1. The maximum Gasteiger partial charge on any atom is 0.417 e. The molecule has 2 aromatic carbocycles. The van der Waals surface area contributed by atoms with Gasteiger partial charge in [0.1, 0.15) is 6.10 Å². The fraction of sp³-hybridized carbons (Fsp3) is 0.481. The van der Waals surface area contributed by atoms with Gasteiger partial charge in [-0.2, -0.15) is 0 Å². The van der Waals surface area contributed by atoms with Gasteiger partial charge < -0.3 is 10.1 Å². The molecule has 5 atom stereocenters. The average Bonchev–Trinajstić information content (AvgIpc) is 3.05. The van der Waals surface area contributed by atoms with Crippen LogP contribution in [-0.4, -0.2) is 22.2 Å². The molecule has 4 rings (SSSR count). The SMILES string of the molecule is CC(C)[C@@H]1CC[C@@H](C)C[C@H]1OC(=O)N1C(=S)N[C@@](C)(c2ccc(Br)cc2)[C@H]1c1ccc(Cl)cc1. The summed E-state index contributed by atoms with van der Waals surface area (Å²) in [6.45, 7) is 8.74. The lowest BCUT2D eigenvalue weighted by atomic mass is 9.75. The molecule has 1 N–H and O–H groups in total. The highest BCUT2D eigenvalue weighted by atomic mass is 79.9. The molecule has 2 aliphatic rings. The number of halogens is 2. The Kier molecular flexibility index (Phi) is 7.61. The fourth-order valence-electron chi connectivity index (χ4n) is 5.50. The van der Waals surface area contributed by atoms with Gasteiger partial charge in [0.2, 0.25) is 0 Å². The van der Waals surface area contributed by atoms with Gasteiger partial charge in [-0.3, -0.25) is 0 Å². The van der Waals surface area contributed by atoms with E-state index < -0.39 is 5.54 Å². The second-order valence-electron chi connectivity index (χ2n) is 10.2. The van der Waals surface area contributed by atoms with Gasteiger partial charge in [-0.05, 0) is 85.1 Å². The van der Waals surface area contributed by atoms with Gasteiger partial charge in [-0.15, -0.1) is 0 Å². The molecule has 2 aromatic rings. The third-order valence-corrected chi connectivity index (χ3v) is 8.51. The van der Waals surface area contributed by atoms with E-state index in [9.17, 15) is 4.79 Å². The lowest BCUT2D eigenvalue weighted by Gasteiger charge is -2.38. The van der Waals surface area contributed by atoms with Gasteiger partial charge in [-0.25, -0.2) is 9.69 Å². The number of hydrogen-bond acceptors (Lipinski definition) is 3. The number of ether oxygens (including phenoxy) is 1. The molecule has 1 heterocycles. The summed E-state index contributed by atoms with van der Waals surface area (Å²) in [5.74, 6) is 1.35. The molecule has 0 unspecified atom stereocenters. The smallest absolute Gasteiger partial charge is 0.417 e. The Morgan fingerprint density at radius 1 is 1.18 bits per heavy atom. The maximum absolute atomic E-state index is 13.8. The van der Waals surface area contributed by atoms with Crippen molar-refractivity contribution in [3.8, 4) is 0 Å². The van der Waals surface area contributed by atoms with Gasteiger partial charge in [0.15, 0.2) is 5.11 Å². The molecule has 1 amide bonds. The Morgan fingerprint density at radius 2 is 1.82 bits per heavy atom. The van der Waals surface area contributed by atoms with Crippen LogP contribution >= 0.6 is 39.7 Å². The topological polar surface area (TPSA) is 41.6 Å². The molecule has 1 saturated carbocycles. The molecule has 0 bridgehead atoms. The summed E-state index contributed by atoms with van der Waals surface area (Å²) in [6, 6.07) is 15.3. The Hall–Kier alpha value is -1.63. The molecule has 0 radical (unpaired) electrons. The van der Waals surface area contributed by atoms with Crippen molar-refractivity contribution >= 4 is 51.0 Å². The minimum Gasteiger partial charge on any atom is -0.445 e. The molecule has 1 aliphatic heterocycles. The molecule has 0 aromatic heterocycles. The minimum atomic E-state index is -0.637. The molecular weight excluding hydrogens is 532 g/mol. The van der Waals surface area contributed by atoms with E-state index in [1.807, 2.05) is 36.4 Å². The number of thiocarbonyl (C=S) groups is 1. The van der Waals surface area contributed by atoms with Crippen LogP contribution in [0.1, 0.15) is 64.1 Å². The zero-order valence-electron chi connectivity index (χ0n) is 20.1. The Morgan fingerprint density at radius 3 is 2.44 bits per heavy atom. The molecule has 2 fully saturated rings. The van der Waals surface area contributed by atoms with Crippen LogP contribution in [0.25, 0.3) is 0 Å². The zero-order chi connectivity index (χ0) is 24.6. The summed E-state index contributed by atoms with van der Waals surface area (Å²) in [5.41, 5.74) is 1.33. The summed E-state index contributed by atoms with van der Waals surface area (Å²) in [6.07, 6.45) is 2.65. The third-order valence-electron chi connectivity index (χ3n) is 7.43.